The minimum atomic E-state index is 0. The van der Waals surface area contributed by atoms with Crippen LogP contribution in [0.2, 0.25) is 0 Å². The number of aromatic nitrogens is 2. The summed E-state index contributed by atoms with van der Waals surface area (Å²) in [6, 6.07) is 11.6. The summed E-state index contributed by atoms with van der Waals surface area (Å²) in [7, 11) is 1.96. The molecule has 0 aliphatic carbocycles. The lowest BCUT2D eigenvalue weighted by Gasteiger charge is -2.35. The molecule has 2 saturated heterocycles. The summed E-state index contributed by atoms with van der Waals surface area (Å²) in [4.78, 5) is 15.0. The maximum atomic E-state index is 13.0. The maximum absolute atomic E-state index is 13.0. The second-order valence-corrected chi connectivity index (χ2v) is 7.96. The van der Waals surface area contributed by atoms with Crippen LogP contribution in [0.25, 0.3) is 0 Å². The number of hydrogen-bond acceptors (Lipinski definition) is 3. The molecule has 2 aliphatic heterocycles. The number of aryl methyl sites for hydroxylation is 2. The molecule has 2 bridgehead atoms. The normalized spacial score (nSPS) is 23.7. The lowest BCUT2D eigenvalue weighted by molar-refractivity contribution is 0.0681. The van der Waals surface area contributed by atoms with Crippen LogP contribution < -0.4 is 5.32 Å². The molecular formula is C21H29ClN4O. The lowest BCUT2D eigenvalue weighted by atomic mass is 9.97. The zero-order chi connectivity index (χ0) is 18.3. The largest absolute Gasteiger partial charge is 0.339 e. The molecule has 6 heteroatoms. The number of nitrogens with zero attached hydrogens (tertiary/aromatic N) is 3. The first-order valence-corrected chi connectivity index (χ1v) is 9.63. The van der Waals surface area contributed by atoms with Crippen molar-refractivity contribution in [2.75, 3.05) is 7.05 Å². The van der Waals surface area contributed by atoms with E-state index in [1.54, 1.807) is 0 Å². The van der Waals surface area contributed by atoms with Gasteiger partial charge in [-0.15, -0.1) is 12.4 Å². The van der Waals surface area contributed by atoms with Crippen LogP contribution in [0.4, 0.5) is 0 Å². The van der Waals surface area contributed by atoms with Crippen LogP contribution in [-0.2, 0) is 6.54 Å². The first kappa shape index (κ1) is 19.9. The molecule has 1 aromatic heterocycles. The zero-order valence-corrected chi connectivity index (χ0v) is 17.1. The second kappa shape index (κ2) is 8.03. The van der Waals surface area contributed by atoms with Gasteiger partial charge < -0.3 is 10.2 Å². The molecule has 2 unspecified atom stereocenters. The number of carbonyl (C=O) groups excluding carboxylic acids is 1. The molecule has 2 fully saturated rings. The van der Waals surface area contributed by atoms with Gasteiger partial charge in [0.05, 0.1) is 12.2 Å². The van der Waals surface area contributed by atoms with E-state index in [0.717, 1.165) is 35.4 Å². The summed E-state index contributed by atoms with van der Waals surface area (Å²) < 4.78 is 1.99. The minimum absolute atomic E-state index is 0. The van der Waals surface area contributed by atoms with Crippen LogP contribution in [0.3, 0.4) is 0 Å². The smallest absolute Gasteiger partial charge is 0.253 e. The van der Waals surface area contributed by atoms with Crippen molar-refractivity contribution in [3.63, 3.8) is 0 Å². The van der Waals surface area contributed by atoms with Crippen LogP contribution in [-0.4, -0.2) is 45.8 Å². The number of fused-ring (bicyclic) bond motifs is 2. The summed E-state index contributed by atoms with van der Waals surface area (Å²) in [5.74, 6) is 0.131. The Morgan fingerprint density at radius 1 is 1.22 bits per heavy atom. The van der Waals surface area contributed by atoms with E-state index in [0.29, 0.717) is 24.7 Å². The van der Waals surface area contributed by atoms with E-state index in [1.165, 1.54) is 12.8 Å². The van der Waals surface area contributed by atoms with E-state index in [9.17, 15) is 4.79 Å². The molecule has 0 radical (unpaired) electrons. The molecule has 1 N–H and O–H groups in total. The van der Waals surface area contributed by atoms with Crippen LogP contribution in [0, 0.1) is 13.8 Å². The molecule has 27 heavy (non-hydrogen) atoms. The van der Waals surface area contributed by atoms with Crippen LogP contribution in [0.15, 0.2) is 30.3 Å². The summed E-state index contributed by atoms with van der Waals surface area (Å²) >= 11 is 0. The van der Waals surface area contributed by atoms with Crippen LogP contribution in [0.1, 0.15) is 53.0 Å². The molecule has 4 rings (SSSR count). The van der Waals surface area contributed by atoms with E-state index < -0.39 is 0 Å². The van der Waals surface area contributed by atoms with Gasteiger partial charge >= 0.3 is 0 Å². The van der Waals surface area contributed by atoms with Gasteiger partial charge in [0.25, 0.3) is 5.91 Å². The molecule has 0 spiro atoms. The van der Waals surface area contributed by atoms with Gasteiger partial charge in [-0.25, -0.2) is 0 Å². The SMILES string of the molecule is Cc1cc(C)n(Cc2cccc(C(=O)N(C)C3CC4CCC(C3)N4)c2)n1.Cl. The van der Waals surface area contributed by atoms with Gasteiger partial charge in [-0.1, -0.05) is 12.1 Å². The van der Waals surface area contributed by atoms with Gasteiger partial charge in [-0.2, -0.15) is 5.10 Å². The molecular weight excluding hydrogens is 360 g/mol. The topological polar surface area (TPSA) is 50.2 Å². The monoisotopic (exact) mass is 388 g/mol. The predicted octanol–water partition coefficient (Wildman–Crippen LogP) is 3.33. The van der Waals surface area contributed by atoms with Crippen molar-refractivity contribution in [3.8, 4) is 0 Å². The molecule has 3 heterocycles. The van der Waals surface area contributed by atoms with E-state index >= 15 is 0 Å². The van der Waals surface area contributed by atoms with E-state index in [4.69, 9.17) is 0 Å². The fourth-order valence-corrected chi connectivity index (χ4v) is 4.52. The third kappa shape index (κ3) is 4.19. The van der Waals surface area contributed by atoms with E-state index in [2.05, 4.69) is 29.5 Å². The van der Waals surface area contributed by atoms with Crippen molar-refractivity contribution in [2.24, 2.45) is 0 Å². The van der Waals surface area contributed by atoms with Crippen LogP contribution in [0.5, 0.6) is 0 Å². The van der Waals surface area contributed by atoms with Crippen molar-refractivity contribution in [3.05, 3.63) is 52.8 Å². The molecule has 1 aromatic carbocycles. The average molecular weight is 389 g/mol. The molecule has 5 nitrogen and oxygen atoms in total. The van der Waals surface area contributed by atoms with Gasteiger partial charge in [0.1, 0.15) is 0 Å². The Labute approximate surface area is 167 Å². The number of hydrogen-bond donors (Lipinski definition) is 1. The highest BCUT2D eigenvalue weighted by Crippen LogP contribution is 2.29. The Hall–Kier alpha value is -1.85. The number of piperidine rings is 1. The fourth-order valence-electron chi connectivity index (χ4n) is 4.52. The molecule has 0 saturated carbocycles. The number of halogens is 1. The van der Waals surface area contributed by atoms with Crippen molar-refractivity contribution in [1.82, 2.24) is 20.0 Å². The fraction of sp³-hybridized carbons (Fsp3) is 0.524. The van der Waals surface area contributed by atoms with Crippen LogP contribution >= 0.6 is 12.4 Å². The van der Waals surface area contributed by atoms with E-state index in [1.807, 2.05) is 41.8 Å². The zero-order valence-electron chi connectivity index (χ0n) is 16.3. The van der Waals surface area contributed by atoms with Gasteiger partial charge in [-0.05, 0) is 63.3 Å². The summed E-state index contributed by atoms with van der Waals surface area (Å²) in [6.45, 7) is 4.76. The Morgan fingerprint density at radius 3 is 2.56 bits per heavy atom. The van der Waals surface area contributed by atoms with Gasteiger partial charge in [-0.3, -0.25) is 9.48 Å². The number of nitrogens with one attached hydrogen (secondary N) is 1. The highest BCUT2D eigenvalue weighted by molar-refractivity contribution is 5.94. The Morgan fingerprint density at radius 2 is 1.93 bits per heavy atom. The number of rotatable bonds is 4. The van der Waals surface area contributed by atoms with Crippen molar-refractivity contribution in [1.29, 1.82) is 0 Å². The predicted molar refractivity (Wildman–Crippen MR) is 110 cm³/mol. The maximum Gasteiger partial charge on any atom is 0.253 e. The summed E-state index contributed by atoms with van der Waals surface area (Å²) in [5, 5.41) is 8.18. The highest BCUT2D eigenvalue weighted by atomic mass is 35.5. The molecule has 2 aromatic rings. The van der Waals surface area contributed by atoms with Gasteiger partial charge in [0.15, 0.2) is 0 Å². The summed E-state index contributed by atoms with van der Waals surface area (Å²) in [5.41, 5.74) is 4.05. The first-order valence-electron chi connectivity index (χ1n) is 9.63. The average Bonchev–Trinajstić information content (AvgIpc) is 3.13. The standard InChI is InChI=1S/C21H28N4O.ClH/c1-14-9-15(2)25(23-14)13-16-5-4-6-17(10-16)21(26)24(3)20-11-18-7-8-19(12-20)22-18;/h4-6,9-10,18-20,22H,7-8,11-13H2,1-3H3;1H. The highest BCUT2D eigenvalue weighted by Gasteiger charge is 2.36. The first-order chi connectivity index (χ1) is 12.5. The molecule has 2 aliphatic rings. The van der Waals surface area contributed by atoms with E-state index in [-0.39, 0.29) is 18.3 Å². The Bertz CT molecular complexity index is 806. The number of benzene rings is 1. The quantitative estimate of drug-likeness (QED) is 0.874. The third-order valence-corrected chi connectivity index (χ3v) is 5.93. The van der Waals surface area contributed by atoms with Crippen molar-refractivity contribution >= 4 is 18.3 Å². The Kier molecular flexibility index (Phi) is 5.92. The van der Waals surface area contributed by atoms with Gasteiger partial charge in [0, 0.05) is 36.4 Å². The summed E-state index contributed by atoms with van der Waals surface area (Å²) in [6.07, 6.45) is 4.65. The van der Waals surface area contributed by atoms with Gasteiger partial charge in [0.2, 0.25) is 0 Å². The lowest BCUT2D eigenvalue weighted by Crippen LogP contribution is -2.48. The Balaban J connectivity index is 0.00000210. The second-order valence-electron chi connectivity index (χ2n) is 7.96. The van der Waals surface area contributed by atoms with Crippen molar-refractivity contribution in [2.45, 2.75) is 64.2 Å². The molecule has 1 amide bonds. The number of amides is 1. The minimum Gasteiger partial charge on any atom is -0.339 e. The number of carbonyl (C=O) groups is 1. The molecule has 146 valence electrons. The third-order valence-electron chi connectivity index (χ3n) is 5.93. The molecule has 2 atom stereocenters. The van der Waals surface area contributed by atoms with Crippen molar-refractivity contribution < 1.29 is 4.79 Å².